The monoisotopic (exact) mass is 178 g/mol. The molecule has 0 bridgehead atoms. The second-order valence-electron chi connectivity index (χ2n) is 2.91. The van der Waals surface area contributed by atoms with Gasteiger partial charge < -0.3 is 24.8 Å². The summed E-state index contributed by atoms with van der Waals surface area (Å²) in [5.74, 6) is 0. The third kappa shape index (κ3) is 1.60. The van der Waals surface area contributed by atoms with E-state index in [1.165, 1.54) is 7.11 Å². The number of aliphatic hydroxyl groups excluding tert-OH is 3. The van der Waals surface area contributed by atoms with Crippen LogP contribution in [0.4, 0.5) is 0 Å². The highest BCUT2D eigenvalue weighted by Crippen LogP contribution is 2.21. The Bertz CT molecular complexity index is 137. The Morgan fingerprint density at radius 2 is 1.75 bits per heavy atom. The van der Waals surface area contributed by atoms with Gasteiger partial charge in [-0.3, -0.25) is 0 Å². The smallest absolute Gasteiger partial charge is 0.183 e. The highest BCUT2D eigenvalue weighted by Gasteiger charge is 2.42. The molecule has 12 heavy (non-hydrogen) atoms. The van der Waals surface area contributed by atoms with E-state index in [9.17, 15) is 10.2 Å². The molecule has 5 heteroatoms. The van der Waals surface area contributed by atoms with Gasteiger partial charge in [0.2, 0.25) is 0 Å². The second kappa shape index (κ2) is 3.68. The molecule has 1 rings (SSSR count). The van der Waals surface area contributed by atoms with E-state index >= 15 is 0 Å². The molecule has 0 unspecified atom stereocenters. The van der Waals surface area contributed by atoms with Crippen LogP contribution in [-0.4, -0.2) is 53.1 Å². The van der Waals surface area contributed by atoms with Gasteiger partial charge in [0.15, 0.2) is 6.29 Å². The van der Waals surface area contributed by atoms with Crippen molar-refractivity contribution in [3.63, 3.8) is 0 Å². The van der Waals surface area contributed by atoms with Gasteiger partial charge in [0, 0.05) is 7.11 Å². The summed E-state index contributed by atoms with van der Waals surface area (Å²) in [7, 11) is 1.36. The van der Waals surface area contributed by atoms with E-state index in [1.807, 2.05) is 0 Å². The van der Waals surface area contributed by atoms with Crippen LogP contribution in [0.25, 0.3) is 0 Å². The Kier molecular flexibility index (Phi) is 3.03. The lowest BCUT2D eigenvalue weighted by atomic mass is 10.00. The van der Waals surface area contributed by atoms with Crippen molar-refractivity contribution < 1.29 is 24.8 Å². The summed E-state index contributed by atoms with van der Waals surface area (Å²) >= 11 is 0. The summed E-state index contributed by atoms with van der Waals surface area (Å²) in [4.78, 5) is 0. The van der Waals surface area contributed by atoms with Crippen LogP contribution in [0.1, 0.15) is 6.92 Å². The van der Waals surface area contributed by atoms with E-state index in [0.29, 0.717) is 0 Å². The number of hydrogen-bond donors (Lipinski definition) is 3. The van der Waals surface area contributed by atoms with Gasteiger partial charge in [0.05, 0.1) is 6.10 Å². The molecule has 72 valence electrons. The van der Waals surface area contributed by atoms with Crippen LogP contribution in [0, 0.1) is 0 Å². The lowest BCUT2D eigenvalue weighted by molar-refractivity contribution is -0.282. The first-order chi connectivity index (χ1) is 5.57. The molecule has 0 aliphatic carbocycles. The topological polar surface area (TPSA) is 79.2 Å². The molecule has 0 aromatic carbocycles. The molecule has 0 radical (unpaired) electrons. The van der Waals surface area contributed by atoms with Crippen LogP contribution in [0.5, 0.6) is 0 Å². The van der Waals surface area contributed by atoms with E-state index in [4.69, 9.17) is 14.6 Å². The summed E-state index contributed by atoms with van der Waals surface area (Å²) in [5.41, 5.74) is 0. The molecule has 0 amide bonds. The molecule has 1 aliphatic heterocycles. The summed E-state index contributed by atoms with van der Waals surface area (Å²) in [6.45, 7) is 1.60. The van der Waals surface area contributed by atoms with Crippen LogP contribution in [0.3, 0.4) is 0 Å². The molecular weight excluding hydrogens is 164 g/mol. The standard InChI is InChI=1S/C7H14O5/c1-3-4(8)6(11-2)5(9)7(10)12-3/h3-10H,1-2H3/t3-,4+,5-,6+,7-/m1/s1. The van der Waals surface area contributed by atoms with Crippen molar-refractivity contribution in [2.24, 2.45) is 0 Å². The predicted octanol–water partition coefficient (Wildman–Crippen LogP) is -1.54. The molecule has 1 fully saturated rings. The lowest BCUT2D eigenvalue weighted by Crippen LogP contribution is -2.57. The maximum absolute atomic E-state index is 9.40. The number of ether oxygens (including phenoxy) is 2. The summed E-state index contributed by atoms with van der Waals surface area (Å²) < 4.78 is 9.63. The van der Waals surface area contributed by atoms with Crippen molar-refractivity contribution >= 4 is 0 Å². The maximum atomic E-state index is 9.40. The Labute approximate surface area is 70.5 Å². The van der Waals surface area contributed by atoms with Crippen LogP contribution in [0.2, 0.25) is 0 Å². The summed E-state index contributed by atoms with van der Waals surface area (Å²) in [5, 5.41) is 27.8. The number of rotatable bonds is 1. The SMILES string of the molecule is CO[C@@H]1[C@@H](O)[C@H](O)O[C@H](C)[C@@H]1O. The average molecular weight is 178 g/mol. The Hall–Kier alpha value is -0.200. The predicted molar refractivity (Wildman–Crippen MR) is 39.4 cm³/mol. The zero-order valence-electron chi connectivity index (χ0n) is 7.04. The lowest BCUT2D eigenvalue weighted by Gasteiger charge is -2.38. The molecule has 1 aliphatic rings. The summed E-state index contributed by atoms with van der Waals surface area (Å²) in [6, 6.07) is 0. The Morgan fingerprint density at radius 1 is 1.17 bits per heavy atom. The van der Waals surface area contributed by atoms with Crippen molar-refractivity contribution in [3.05, 3.63) is 0 Å². The van der Waals surface area contributed by atoms with Crippen LogP contribution >= 0.6 is 0 Å². The molecule has 0 saturated carbocycles. The van der Waals surface area contributed by atoms with Gasteiger partial charge in [-0.15, -0.1) is 0 Å². The van der Waals surface area contributed by atoms with Gasteiger partial charge in [0.1, 0.15) is 18.3 Å². The first-order valence-electron chi connectivity index (χ1n) is 3.80. The number of aliphatic hydroxyl groups is 3. The molecule has 0 aromatic rings. The first kappa shape index (κ1) is 9.88. The van der Waals surface area contributed by atoms with Gasteiger partial charge in [-0.25, -0.2) is 0 Å². The van der Waals surface area contributed by atoms with Gasteiger partial charge in [0.25, 0.3) is 0 Å². The van der Waals surface area contributed by atoms with Crippen LogP contribution in [-0.2, 0) is 9.47 Å². The number of methoxy groups -OCH3 is 1. The van der Waals surface area contributed by atoms with Crippen molar-refractivity contribution in [2.75, 3.05) is 7.11 Å². The molecular formula is C7H14O5. The normalized spacial score (nSPS) is 49.2. The van der Waals surface area contributed by atoms with Crippen molar-refractivity contribution in [1.29, 1.82) is 0 Å². The average Bonchev–Trinajstić information content (AvgIpc) is 2.02. The maximum Gasteiger partial charge on any atom is 0.183 e. The third-order valence-electron chi connectivity index (χ3n) is 2.07. The zero-order chi connectivity index (χ0) is 9.30. The Balaban J connectivity index is 2.67. The molecule has 5 atom stereocenters. The van der Waals surface area contributed by atoms with E-state index in [0.717, 1.165) is 0 Å². The quantitative estimate of drug-likeness (QED) is 0.453. The van der Waals surface area contributed by atoms with Crippen LogP contribution < -0.4 is 0 Å². The molecule has 3 N–H and O–H groups in total. The highest BCUT2D eigenvalue weighted by atomic mass is 16.6. The minimum Gasteiger partial charge on any atom is -0.388 e. The minimum atomic E-state index is -1.28. The van der Waals surface area contributed by atoms with Crippen molar-refractivity contribution in [2.45, 2.75) is 37.6 Å². The second-order valence-corrected chi connectivity index (χ2v) is 2.91. The zero-order valence-corrected chi connectivity index (χ0v) is 7.04. The van der Waals surface area contributed by atoms with E-state index < -0.39 is 30.7 Å². The fraction of sp³-hybridized carbons (Fsp3) is 1.00. The fourth-order valence-corrected chi connectivity index (χ4v) is 1.29. The molecule has 0 spiro atoms. The van der Waals surface area contributed by atoms with Gasteiger partial charge in [-0.2, -0.15) is 0 Å². The largest absolute Gasteiger partial charge is 0.388 e. The fourth-order valence-electron chi connectivity index (χ4n) is 1.29. The van der Waals surface area contributed by atoms with Crippen molar-refractivity contribution in [1.82, 2.24) is 0 Å². The van der Waals surface area contributed by atoms with Crippen molar-refractivity contribution in [3.8, 4) is 0 Å². The molecule has 5 nitrogen and oxygen atoms in total. The molecule has 1 heterocycles. The van der Waals surface area contributed by atoms with E-state index in [1.54, 1.807) is 6.92 Å². The first-order valence-corrected chi connectivity index (χ1v) is 3.80. The van der Waals surface area contributed by atoms with E-state index in [2.05, 4.69) is 0 Å². The summed E-state index contributed by atoms with van der Waals surface area (Å²) in [6.07, 6.45) is -4.71. The number of hydrogen-bond acceptors (Lipinski definition) is 5. The van der Waals surface area contributed by atoms with Crippen LogP contribution in [0.15, 0.2) is 0 Å². The minimum absolute atomic E-state index is 0.534. The van der Waals surface area contributed by atoms with Gasteiger partial charge in [-0.05, 0) is 6.92 Å². The molecule has 1 saturated heterocycles. The van der Waals surface area contributed by atoms with Gasteiger partial charge >= 0.3 is 0 Å². The van der Waals surface area contributed by atoms with Gasteiger partial charge in [-0.1, -0.05) is 0 Å². The highest BCUT2D eigenvalue weighted by molar-refractivity contribution is 4.87. The molecule has 0 aromatic heterocycles. The third-order valence-corrected chi connectivity index (χ3v) is 2.07. The van der Waals surface area contributed by atoms with E-state index in [-0.39, 0.29) is 0 Å². The Morgan fingerprint density at radius 3 is 2.25 bits per heavy atom.